The molecule has 3 amide bonds. The van der Waals surface area contributed by atoms with Gasteiger partial charge in [0.25, 0.3) is 5.91 Å². The van der Waals surface area contributed by atoms with E-state index >= 15 is 0 Å². The molecule has 4 rings (SSSR count). The number of rotatable bonds is 8. The standard InChI is InChI=1S/C22H26N8O5/c1-23-21(33)16(12-31)26-22(34)20-27-17(10-18(28-20)30-4-6-35-7-5-30)29-24-11-13-2-3-15-14(8-13)9-19(32)25-15/h2-3,8,10-11,16,31H,4-7,9,12H2,1H3,(H,23,33)(H,25,32)(H,26,34)(H,27,28,29). The zero-order valence-electron chi connectivity index (χ0n) is 19.1. The lowest BCUT2D eigenvalue weighted by Gasteiger charge is -2.28. The molecule has 1 atom stereocenters. The predicted molar refractivity (Wildman–Crippen MR) is 127 cm³/mol. The van der Waals surface area contributed by atoms with E-state index in [0.717, 1.165) is 16.8 Å². The van der Waals surface area contributed by atoms with E-state index in [9.17, 15) is 19.5 Å². The highest BCUT2D eigenvalue weighted by Gasteiger charge is 2.23. The van der Waals surface area contributed by atoms with E-state index in [1.54, 1.807) is 12.3 Å². The van der Waals surface area contributed by atoms with Crippen LogP contribution in [0.5, 0.6) is 0 Å². The first-order valence-corrected chi connectivity index (χ1v) is 11.0. The second-order valence-corrected chi connectivity index (χ2v) is 7.87. The molecule has 0 aliphatic carbocycles. The van der Waals surface area contributed by atoms with E-state index < -0.39 is 24.5 Å². The lowest BCUT2D eigenvalue weighted by Crippen LogP contribution is -2.48. The quantitative estimate of drug-likeness (QED) is 0.236. The third kappa shape index (κ3) is 5.88. The number of amides is 3. The normalized spacial score (nSPS) is 15.9. The lowest BCUT2D eigenvalue weighted by atomic mass is 10.1. The topological polar surface area (TPSA) is 170 Å². The Bertz CT molecular complexity index is 1150. The third-order valence-corrected chi connectivity index (χ3v) is 5.45. The van der Waals surface area contributed by atoms with Gasteiger partial charge in [0.2, 0.25) is 17.6 Å². The molecule has 0 radical (unpaired) electrons. The number of hydrazone groups is 1. The molecule has 1 aromatic carbocycles. The Balaban J connectivity index is 1.54. The van der Waals surface area contributed by atoms with E-state index in [-0.39, 0.29) is 17.5 Å². The summed E-state index contributed by atoms with van der Waals surface area (Å²) >= 11 is 0. The molecular weight excluding hydrogens is 456 g/mol. The highest BCUT2D eigenvalue weighted by molar-refractivity contribution is 6.00. The maximum absolute atomic E-state index is 12.8. The molecule has 3 heterocycles. The second-order valence-electron chi connectivity index (χ2n) is 7.87. The molecule has 2 aromatic rings. The molecule has 1 aromatic heterocycles. The maximum atomic E-state index is 12.8. The highest BCUT2D eigenvalue weighted by Crippen LogP contribution is 2.23. The van der Waals surface area contributed by atoms with Gasteiger partial charge < -0.3 is 30.7 Å². The Morgan fingerprint density at radius 3 is 2.83 bits per heavy atom. The van der Waals surface area contributed by atoms with Crippen molar-refractivity contribution in [3.63, 3.8) is 0 Å². The first-order chi connectivity index (χ1) is 17.0. The summed E-state index contributed by atoms with van der Waals surface area (Å²) in [7, 11) is 1.40. The number of fused-ring (bicyclic) bond motifs is 1. The fourth-order valence-corrected chi connectivity index (χ4v) is 3.64. The van der Waals surface area contributed by atoms with Crippen LogP contribution in [0.3, 0.4) is 0 Å². The Kier molecular flexibility index (Phi) is 7.48. The molecule has 35 heavy (non-hydrogen) atoms. The number of aromatic nitrogens is 2. The average Bonchev–Trinajstić information content (AvgIpc) is 3.26. The van der Waals surface area contributed by atoms with E-state index in [1.165, 1.54) is 7.05 Å². The summed E-state index contributed by atoms with van der Waals surface area (Å²) in [5.74, 6) is -0.731. The van der Waals surface area contributed by atoms with Crippen molar-refractivity contribution in [3.8, 4) is 0 Å². The summed E-state index contributed by atoms with van der Waals surface area (Å²) in [6.07, 6.45) is 1.90. The lowest BCUT2D eigenvalue weighted by molar-refractivity contribution is -0.123. The van der Waals surface area contributed by atoms with Crippen molar-refractivity contribution >= 4 is 41.3 Å². The third-order valence-electron chi connectivity index (χ3n) is 5.45. The fourth-order valence-electron chi connectivity index (χ4n) is 3.64. The number of carbonyl (C=O) groups is 3. The largest absolute Gasteiger partial charge is 0.394 e. The Labute approximate surface area is 201 Å². The number of hydrogen-bond acceptors (Lipinski definition) is 10. The Morgan fingerprint density at radius 1 is 1.29 bits per heavy atom. The number of ether oxygens (including phenoxy) is 1. The summed E-state index contributed by atoms with van der Waals surface area (Å²) in [5.41, 5.74) is 5.28. The summed E-state index contributed by atoms with van der Waals surface area (Å²) < 4.78 is 5.39. The van der Waals surface area contributed by atoms with Gasteiger partial charge in [-0.15, -0.1) is 0 Å². The highest BCUT2D eigenvalue weighted by atomic mass is 16.5. The molecule has 1 saturated heterocycles. The number of carbonyl (C=O) groups excluding carboxylic acids is 3. The van der Waals surface area contributed by atoms with Crippen LogP contribution in [0.15, 0.2) is 29.4 Å². The number of aliphatic hydroxyl groups is 1. The minimum atomic E-state index is -1.14. The molecule has 2 aliphatic heterocycles. The number of benzene rings is 1. The molecule has 13 heteroatoms. The van der Waals surface area contributed by atoms with Crippen LogP contribution < -0.4 is 26.3 Å². The molecule has 0 saturated carbocycles. The molecule has 0 bridgehead atoms. The number of nitrogens with one attached hydrogen (secondary N) is 4. The van der Waals surface area contributed by atoms with Crippen LogP contribution in [-0.4, -0.2) is 85.0 Å². The molecule has 2 aliphatic rings. The van der Waals surface area contributed by atoms with E-state index in [0.29, 0.717) is 38.5 Å². The van der Waals surface area contributed by atoms with Gasteiger partial charge in [0, 0.05) is 31.9 Å². The summed E-state index contributed by atoms with van der Waals surface area (Å²) in [5, 5.41) is 21.2. The predicted octanol–water partition coefficient (Wildman–Crippen LogP) is -0.909. The van der Waals surface area contributed by atoms with E-state index in [4.69, 9.17) is 4.74 Å². The van der Waals surface area contributed by atoms with E-state index in [2.05, 4.69) is 36.4 Å². The zero-order valence-corrected chi connectivity index (χ0v) is 19.1. The van der Waals surface area contributed by atoms with Crippen LogP contribution in [0.25, 0.3) is 0 Å². The van der Waals surface area contributed by atoms with Crippen molar-refractivity contribution in [1.29, 1.82) is 0 Å². The van der Waals surface area contributed by atoms with E-state index in [1.807, 2.05) is 23.1 Å². The van der Waals surface area contributed by atoms with Gasteiger partial charge in [0.15, 0.2) is 5.82 Å². The van der Waals surface area contributed by atoms with Gasteiger partial charge in [-0.1, -0.05) is 6.07 Å². The monoisotopic (exact) mass is 482 g/mol. The number of hydrogen-bond donors (Lipinski definition) is 5. The number of anilines is 3. The SMILES string of the molecule is CNC(=O)C(CO)NC(=O)c1nc(NN=Cc2ccc3c(c2)CC(=O)N3)cc(N2CCOCC2)n1. The summed E-state index contributed by atoms with van der Waals surface area (Å²) in [4.78, 5) is 46.7. The van der Waals surface area contributed by atoms with Gasteiger partial charge in [0.05, 0.1) is 32.5 Å². The summed E-state index contributed by atoms with van der Waals surface area (Å²) in [6, 6.07) is 6.02. The van der Waals surface area contributed by atoms with Crippen LogP contribution in [-0.2, 0) is 20.7 Å². The second kappa shape index (κ2) is 10.9. The van der Waals surface area contributed by atoms with Crippen molar-refractivity contribution in [2.24, 2.45) is 5.10 Å². The van der Waals surface area contributed by atoms with Crippen LogP contribution >= 0.6 is 0 Å². The molecule has 184 valence electrons. The van der Waals surface area contributed by atoms with Crippen LogP contribution in [0, 0.1) is 0 Å². The van der Waals surface area contributed by atoms with Crippen molar-refractivity contribution in [3.05, 3.63) is 41.2 Å². The Morgan fingerprint density at radius 2 is 2.09 bits per heavy atom. The first-order valence-electron chi connectivity index (χ1n) is 11.0. The minimum absolute atomic E-state index is 0.0468. The molecular formula is C22H26N8O5. The van der Waals surface area contributed by atoms with Gasteiger partial charge in [-0.3, -0.25) is 19.8 Å². The number of likely N-dealkylation sites (N-methyl/N-ethyl adjacent to an activating group) is 1. The van der Waals surface area contributed by atoms with Crippen molar-refractivity contribution in [2.45, 2.75) is 12.5 Å². The molecule has 1 fully saturated rings. The van der Waals surface area contributed by atoms with Crippen LogP contribution in [0.1, 0.15) is 21.7 Å². The van der Waals surface area contributed by atoms with Crippen molar-refractivity contribution in [2.75, 3.05) is 55.6 Å². The Hall–Kier alpha value is -4.10. The number of aliphatic hydroxyl groups excluding tert-OH is 1. The van der Waals surface area contributed by atoms with Gasteiger partial charge >= 0.3 is 0 Å². The first kappa shape index (κ1) is 24.0. The van der Waals surface area contributed by atoms with Crippen LogP contribution in [0.4, 0.5) is 17.3 Å². The van der Waals surface area contributed by atoms with Gasteiger partial charge in [-0.05, 0) is 23.3 Å². The maximum Gasteiger partial charge on any atom is 0.289 e. The van der Waals surface area contributed by atoms with Crippen molar-refractivity contribution < 1.29 is 24.2 Å². The van der Waals surface area contributed by atoms with Crippen LogP contribution in [0.2, 0.25) is 0 Å². The molecule has 13 nitrogen and oxygen atoms in total. The molecule has 0 spiro atoms. The number of nitrogens with zero attached hydrogens (tertiary/aromatic N) is 4. The average molecular weight is 483 g/mol. The number of morpholine rings is 1. The minimum Gasteiger partial charge on any atom is -0.394 e. The van der Waals surface area contributed by atoms with Gasteiger partial charge in [0.1, 0.15) is 11.9 Å². The zero-order chi connectivity index (χ0) is 24.8. The molecule has 1 unspecified atom stereocenters. The fraction of sp³-hybridized carbons (Fsp3) is 0.364. The van der Waals surface area contributed by atoms with Crippen molar-refractivity contribution in [1.82, 2.24) is 20.6 Å². The smallest absolute Gasteiger partial charge is 0.289 e. The summed E-state index contributed by atoms with van der Waals surface area (Å²) in [6.45, 7) is 1.63. The molecule has 5 N–H and O–H groups in total. The van der Waals surface area contributed by atoms with Gasteiger partial charge in [-0.25, -0.2) is 9.97 Å². The van der Waals surface area contributed by atoms with Gasteiger partial charge in [-0.2, -0.15) is 5.10 Å².